The van der Waals surface area contributed by atoms with Crippen LogP contribution in [-0.2, 0) is 0 Å². The van der Waals surface area contributed by atoms with Gasteiger partial charge in [-0.15, -0.1) is 0 Å². The van der Waals surface area contributed by atoms with Gasteiger partial charge in [0.25, 0.3) is 0 Å². The first kappa shape index (κ1) is 31.4. The zero-order chi connectivity index (χ0) is 29.2. The molecule has 0 bridgehead atoms. The maximum atomic E-state index is 5.95. The second kappa shape index (κ2) is 18.1. The molecule has 0 N–H and O–H groups in total. The molecule has 0 radical (unpaired) electrons. The molecule has 2 heteroatoms. The van der Waals surface area contributed by atoms with E-state index < -0.39 is 0 Å². The van der Waals surface area contributed by atoms with E-state index in [1.165, 1.54) is 97.6 Å². The van der Waals surface area contributed by atoms with Gasteiger partial charge in [-0.25, -0.2) is 0 Å². The molecule has 42 heavy (non-hydrogen) atoms. The topological polar surface area (TPSA) is 18.5 Å². The van der Waals surface area contributed by atoms with E-state index in [9.17, 15) is 0 Å². The van der Waals surface area contributed by atoms with Crippen LogP contribution >= 0.6 is 0 Å². The summed E-state index contributed by atoms with van der Waals surface area (Å²) < 4.78 is 11.9. The first-order chi connectivity index (χ1) is 20.8. The van der Waals surface area contributed by atoms with Crippen LogP contribution in [0.15, 0.2) is 97.1 Å². The van der Waals surface area contributed by atoms with Crippen LogP contribution in [0, 0.1) is 0 Å². The molecule has 0 amide bonds. The molecule has 0 aliphatic heterocycles. The Kier molecular flexibility index (Phi) is 13.5. The molecule has 0 aliphatic rings. The van der Waals surface area contributed by atoms with Crippen molar-refractivity contribution in [3.8, 4) is 44.9 Å². The van der Waals surface area contributed by atoms with Gasteiger partial charge in [0.2, 0.25) is 0 Å². The van der Waals surface area contributed by atoms with Crippen molar-refractivity contribution in [2.24, 2.45) is 0 Å². The van der Waals surface area contributed by atoms with Crippen LogP contribution < -0.4 is 9.47 Å². The molecule has 0 aromatic heterocycles. The molecule has 4 rings (SSSR count). The highest BCUT2D eigenvalue weighted by Crippen LogP contribution is 2.29. The predicted molar refractivity (Wildman–Crippen MR) is 180 cm³/mol. The maximum absolute atomic E-state index is 5.95. The monoisotopic (exact) mass is 562 g/mol. The molecule has 0 heterocycles. The Balaban J connectivity index is 1.23. The van der Waals surface area contributed by atoms with Gasteiger partial charge >= 0.3 is 0 Å². The van der Waals surface area contributed by atoms with Gasteiger partial charge in [0, 0.05) is 0 Å². The van der Waals surface area contributed by atoms with Crippen molar-refractivity contribution >= 4 is 0 Å². The first-order valence-electron chi connectivity index (χ1n) is 16.4. The summed E-state index contributed by atoms with van der Waals surface area (Å²) in [5, 5.41) is 0. The van der Waals surface area contributed by atoms with Gasteiger partial charge in [0.1, 0.15) is 11.5 Å². The minimum atomic E-state index is 0.804. The molecule has 4 aromatic carbocycles. The highest BCUT2D eigenvalue weighted by Gasteiger charge is 2.04. The van der Waals surface area contributed by atoms with Crippen LogP contribution in [0.3, 0.4) is 0 Å². The van der Waals surface area contributed by atoms with E-state index in [2.05, 4.69) is 111 Å². The van der Waals surface area contributed by atoms with Gasteiger partial charge in [-0.3, -0.25) is 0 Å². The average molecular weight is 563 g/mol. The number of hydrogen-bond acceptors (Lipinski definition) is 2. The molecule has 2 nitrogen and oxygen atoms in total. The fourth-order valence-corrected chi connectivity index (χ4v) is 5.34. The lowest BCUT2D eigenvalue weighted by molar-refractivity contribution is 0.304. The highest BCUT2D eigenvalue weighted by molar-refractivity contribution is 5.73. The summed E-state index contributed by atoms with van der Waals surface area (Å²) in [6.07, 6.45) is 15.4. The molecule has 0 saturated carbocycles. The Hall–Kier alpha value is -3.52. The van der Waals surface area contributed by atoms with Gasteiger partial charge in [-0.1, -0.05) is 151 Å². The van der Waals surface area contributed by atoms with Crippen molar-refractivity contribution in [1.29, 1.82) is 0 Å². The van der Waals surface area contributed by atoms with Crippen LogP contribution in [0.4, 0.5) is 0 Å². The van der Waals surface area contributed by atoms with Gasteiger partial charge < -0.3 is 9.47 Å². The molecule has 222 valence electrons. The van der Waals surface area contributed by atoms with E-state index in [1.807, 2.05) is 0 Å². The van der Waals surface area contributed by atoms with Crippen LogP contribution in [0.1, 0.15) is 90.9 Å². The van der Waals surface area contributed by atoms with Crippen molar-refractivity contribution in [3.05, 3.63) is 97.1 Å². The Morgan fingerprint density at radius 2 is 0.548 bits per heavy atom. The molecule has 0 fully saturated rings. The molecule has 0 aliphatic carbocycles. The Morgan fingerprint density at radius 3 is 0.833 bits per heavy atom. The zero-order valence-corrected chi connectivity index (χ0v) is 26.0. The maximum Gasteiger partial charge on any atom is 0.119 e. The fourth-order valence-electron chi connectivity index (χ4n) is 5.34. The van der Waals surface area contributed by atoms with Gasteiger partial charge in [-0.2, -0.15) is 0 Å². The predicted octanol–water partition coefficient (Wildman–Crippen LogP) is 12.2. The van der Waals surface area contributed by atoms with E-state index in [0.717, 1.165) is 37.6 Å². The molecule has 0 atom stereocenters. The number of unbranched alkanes of at least 4 members (excludes halogenated alkanes) is 10. The minimum absolute atomic E-state index is 0.804. The van der Waals surface area contributed by atoms with Gasteiger partial charge in [0.15, 0.2) is 0 Å². The first-order valence-corrected chi connectivity index (χ1v) is 16.4. The molecular weight excluding hydrogens is 512 g/mol. The van der Waals surface area contributed by atoms with Gasteiger partial charge in [0.05, 0.1) is 13.2 Å². The van der Waals surface area contributed by atoms with Crippen LogP contribution in [-0.4, -0.2) is 13.2 Å². The number of benzene rings is 4. The standard InChI is InChI=1S/C40H50O2/c1-3-5-7-9-11-13-31-41-39-27-23-37(24-28-39)35-19-15-33(16-20-35)34-17-21-36(22-18-34)38-25-29-40(30-26-38)42-32-14-12-10-8-6-4-2/h15-30H,3-14,31-32H2,1-2H3. The molecule has 0 unspecified atom stereocenters. The van der Waals surface area contributed by atoms with E-state index in [4.69, 9.17) is 9.47 Å². The van der Waals surface area contributed by atoms with Crippen molar-refractivity contribution in [3.63, 3.8) is 0 Å². The van der Waals surface area contributed by atoms with E-state index in [0.29, 0.717) is 0 Å². The summed E-state index contributed by atoms with van der Waals surface area (Å²) in [6, 6.07) is 34.7. The number of rotatable bonds is 19. The quantitative estimate of drug-likeness (QED) is 0.106. The third-order valence-electron chi connectivity index (χ3n) is 8.01. The lowest BCUT2D eigenvalue weighted by Gasteiger charge is -2.09. The number of hydrogen-bond donors (Lipinski definition) is 0. The number of ether oxygens (including phenoxy) is 2. The zero-order valence-electron chi connectivity index (χ0n) is 26.0. The lowest BCUT2D eigenvalue weighted by Crippen LogP contribution is -1.97. The highest BCUT2D eigenvalue weighted by atomic mass is 16.5. The summed E-state index contributed by atoms with van der Waals surface area (Å²) in [4.78, 5) is 0. The van der Waals surface area contributed by atoms with Crippen molar-refractivity contribution < 1.29 is 9.47 Å². The third-order valence-corrected chi connectivity index (χ3v) is 8.01. The second-order valence-electron chi connectivity index (χ2n) is 11.4. The minimum Gasteiger partial charge on any atom is -0.494 e. The lowest BCUT2D eigenvalue weighted by atomic mass is 9.98. The third kappa shape index (κ3) is 10.4. The summed E-state index contributed by atoms with van der Waals surface area (Å²) >= 11 is 0. The van der Waals surface area contributed by atoms with Crippen LogP contribution in [0.25, 0.3) is 33.4 Å². The largest absolute Gasteiger partial charge is 0.494 e. The molecule has 0 saturated heterocycles. The Labute approximate surface area is 255 Å². The van der Waals surface area contributed by atoms with Crippen LogP contribution in [0.5, 0.6) is 11.5 Å². The SMILES string of the molecule is CCCCCCCCOc1ccc(-c2ccc(-c3ccc(-c4ccc(OCCCCCCCC)cc4)cc3)cc2)cc1. The average Bonchev–Trinajstić information content (AvgIpc) is 3.05. The Morgan fingerprint density at radius 1 is 0.310 bits per heavy atom. The summed E-state index contributed by atoms with van der Waals surface area (Å²) in [6.45, 7) is 6.12. The molecule has 4 aromatic rings. The Bertz CT molecular complexity index is 1150. The van der Waals surface area contributed by atoms with Crippen molar-refractivity contribution in [2.45, 2.75) is 90.9 Å². The van der Waals surface area contributed by atoms with Crippen LogP contribution in [0.2, 0.25) is 0 Å². The van der Waals surface area contributed by atoms with E-state index in [-0.39, 0.29) is 0 Å². The van der Waals surface area contributed by atoms with Crippen molar-refractivity contribution in [2.75, 3.05) is 13.2 Å². The smallest absolute Gasteiger partial charge is 0.119 e. The summed E-state index contributed by atoms with van der Waals surface area (Å²) in [7, 11) is 0. The van der Waals surface area contributed by atoms with E-state index in [1.54, 1.807) is 0 Å². The van der Waals surface area contributed by atoms with Gasteiger partial charge in [-0.05, 0) is 70.5 Å². The summed E-state index contributed by atoms with van der Waals surface area (Å²) in [5.41, 5.74) is 7.31. The van der Waals surface area contributed by atoms with Crippen molar-refractivity contribution in [1.82, 2.24) is 0 Å². The molecular formula is C40H50O2. The fraction of sp³-hybridized carbons (Fsp3) is 0.400. The normalized spacial score (nSPS) is 11.0. The molecule has 0 spiro atoms. The van der Waals surface area contributed by atoms with E-state index >= 15 is 0 Å². The summed E-state index contributed by atoms with van der Waals surface area (Å²) in [5.74, 6) is 1.92. The second-order valence-corrected chi connectivity index (χ2v) is 11.4.